The van der Waals surface area contributed by atoms with E-state index in [-0.39, 0.29) is 5.91 Å². The summed E-state index contributed by atoms with van der Waals surface area (Å²) in [5, 5.41) is 12.0. The van der Waals surface area contributed by atoms with Crippen molar-refractivity contribution in [3.05, 3.63) is 0 Å². The van der Waals surface area contributed by atoms with Crippen LogP contribution in [0.5, 0.6) is 0 Å². The molecule has 4 N–H and O–H groups in total. The van der Waals surface area contributed by atoms with Crippen LogP contribution in [0.3, 0.4) is 0 Å². The predicted molar refractivity (Wildman–Crippen MR) is 51.6 cm³/mol. The van der Waals surface area contributed by atoms with Crippen molar-refractivity contribution in [3.63, 3.8) is 0 Å². The van der Waals surface area contributed by atoms with Crippen molar-refractivity contribution >= 4 is 5.91 Å². The van der Waals surface area contributed by atoms with Gasteiger partial charge in [-0.3, -0.25) is 4.79 Å². The van der Waals surface area contributed by atoms with E-state index in [4.69, 9.17) is 0 Å². The summed E-state index contributed by atoms with van der Waals surface area (Å²) in [4.78, 5) is 10.3. The first-order valence-corrected chi connectivity index (χ1v) is 4.78. The van der Waals surface area contributed by atoms with Gasteiger partial charge in [-0.15, -0.1) is 0 Å². The maximum atomic E-state index is 10.3. The van der Waals surface area contributed by atoms with Gasteiger partial charge in [-0.2, -0.15) is 0 Å². The zero-order valence-corrected chi connectivity index (χ0v) is 7.86. The number of nitrogens with one attached hydrogen (secondary N) is 4. The van der Waals surface area contributed by atoms with Gasteiger partial charge in [0.25, 0.3) is 0 Å². The van der Waals surface area contributed by atoms with Crippen LogP contribution in [0, 0.1) is 0 Å². The number of carbonyl (C=O) groups excluding carboxylic acids is 1. The topological polar surface area (TPSA) is 65.2 Å². The molecule has 0 radical (unpaired) electrons. The van der Waals surface area contributed by atoms with E-state index in [0.29, 0.717) is 6.54 Å². The normalized spacial score (nSPS) is 22.6. The third-order valence-corrected chi connectivity index (χ3v) is 1.87. The van der Waals surface area contributed by atoms with Gasteiger partial charge < -0.3 is 21.3 Å². The standard InChI is InChI=1S/C4H8N2O.C4H10N2/c7-4-3-5-1-2-6-4;1-2-6-4-3-5-1/h5H,1-3H2,(H,6,7);5-6H,1-4H2. The van der Waals surface area contributed by atoms with Crippen LogP contribution in [0.2, 0.25) is 0 Å². The van der Waals surface area contributed by atoms with Crippen molar-refractivity contribution in [3.8, 4) is 0 Å². The molecule has 0 aliphatic carbocycles. The lowest BCUT2D eigenvalue weighted by molar-refractivity contribution is -0.121. The molecule has 5 nitrogen and oxygen atoms in total. The van der Waals surface area contributed by atoms with Crippen LogP contribution in [0.15, 0.2) is 0 Å². The molecule has 2 saturated heterocycles. The molecule has 0 bridgehead atoms. The Morgan fingerprint density at radius 3 is 1.54 bits per heavy atom. The summed E-state index contributed by atoms with van der Waals surface area (Å²) >= 11 is 0. The highest BCUT2D eigenvalue weighted by molar-refractivity contribution is 5.78. The second-order valence-electron chi connectivity index (χ2n) is 3.03. The van der Waals surface area contributed by atoms with E-state index in [1.54, 1.807) is 0 Å². The second-order valence-corrected chi connectivity index (χ2v) is 3.03. The zero-order chi connectivity index (χ0) is 9.36. The van der Waals surface area contributed by atoms with Crippen LogP contribution < -0.4 is 21.3 Å². The Morgan fingerprint density at radius 1 is 0.769 bits per heavy atom. The quantitative estimate of drug-likeness (QED) is 0.349. The summed E-state index contributed by atoms with van der Waals surface area (Å²) in [5.41, 5.74) is 0. The van der Waals surface area contributed by atoms with E-state index in [1.165, 1.54) is 0 Å². The molecule has 76 valence electrons. The average Bonchev–Trinajstić information content (AvgIpc) is 2.22. The number of carbonyl (C=O) groups is 1. The van der Waals surface area contributed by atoms with Crippen LogP contribution >= 0.6 is 0 Å². The summed E-state index contributed by atoms with van der Waals surface area (Å²) < 4.78 is 0. The minimum atomic E-state index is 0.103. The maximum Gasteiger partial charge on any atom is 0.234 e. The first-order chi connectivity index (χ1) is 6.39. The lowest BCUT2D eigenvalue weighted by atomic mass is 10.4. The van der Waals surface area contributed by atoms with Crippen molar-refractivity contribution in [1.82, 2.24) is 21.3 Å². The van der Waals surface area contributed by atoms with Crippen molar-refractivity contribution in [2.75, 3.05) is 45.8 Å². The van der Waals surface area contributed by atoms with Crippen molar-refractivity contribution in [1.29, 1.82) is 0 Å². The molecule has 0 spiro atoms. The van der Waals surface area contributed by atoms with Crippen LogP contribution in [0.25, 0.3) is 0 Å². The molecule has 0 atom stereocenters. The Morgan fingerprint density at radius 2 is 1.31 bits per heavy atom. The molecule has 2 heterocycles. The Hall–Kier alpha value is -0.650. The van der Waals surface area contributed by atoms with Gasteiger partial charge in [0.05, 0.1) is 6.54 Å². The Labute approximate surface area is 78.6 Å². The fourth-order valence-electron chi connectivity index (χ4n) is 1.16. The minimum absolute atomic E-state index is 0.103. The SMILES string of the molecule is C1CNCCN1.O=C1CNCCN1. The third kappa shape index (κ3) is 5.57. The molecule has 5 heteroatoms. The fraction of sp³-hybridized carbons (Fsp3) is 0.875. The van der Waals surface area contributed by atoms with Gasteiger partial charge in [0.2, 0.25) is 5.91 Å². The summed E-state index contributed by atoms with van der Waals surface area (Å²) in [6.45, 7) is 6.73. The van der Waals surface area contributed by atoms with E-state index < -0.39 is 0 Å². The molecule has 0 aromatic heterocycles. The number of rotatable bonds is 0. The van der Waals surface area contributed by atoms with E-state index >= 15 is 0 Å². The molecule has 2 fully saturated rings. The number of hydrogen-bond donors (Lipinski definition) is 4. The molecule has 0 unspecified atom stereocenters. The van der Waals surface area contributed by atoms with Gasteiger partial charge in [0, 0.05) is 39.3 Å². The largest absolute Gasteiger partial charge is 0.354 e. The predicted octanol–water partition coefficient (Wildman–Crippen LogP) is -2.11. The summed E-state index contributed by atoms with van der Waals surface area (Å²) in [7, 11) is 0. The van der Waals surface area contributed by atoms with E-state index in [9.17, 15) is 4.79 Å². The second kappa shape index (κ2) is 6.82. The summed E-state index contributed by atoms with van der Waals surface area (Å²) in [6.07, 6.45) is 0. The van der Waals surface area contributed by atoms with Crippen LogP contribution in [0.1, 0.15) is 0 Å². The van der Waals surface area contributed by atoms with Crippen LogP contribution in [0.4, 0.5) is 0 Å². The summed E-state index contributed by atoms with van der Waals surface area (Å²) in [5.74, 6) is 0.103. The molecule has 13 heavy (non-hydrogen) atoms. The Kier molecular flexibility index (Phi) is 5.47. The van der Waals surface area contributed by atoms with Crippen molar-refractivity contribution < 1.29 is 4.79 Å². The lowest BCUT2D eigenvalue weighted by Gasteiger charge is -2.11. The summed E-state index contributed by atoms with van der Waals surface area (Å²) in [6, 6.07) is 0. The van der Waals surface area contributed by atoms with Gasteiger partial charge in [-0.05, 0) is 0 Å². The Balaban J connectivity index is 0.000000132. The monoisotopic (exact) mass is 186 g/mol. The van der Waals surface area contributed by atoms with Gasteiger partial charge in [-0.25, -0.2) is 0 Å². The highest BCUT2D eigenvalue weighted by Gasteiger charge is 2.02. The molecule has 2 rings (SSSR count). The fourth-order valence-corrected chi connectivity index (χ4v) is 1.16. The maximum absolute atomic E-state index is 10.3. The average molecular weight is 186 g/mol. The smallest absolute Gasteiger partial charge is 0.234 e. The first-order valence-electron chi connectivity index (χ1n) is 4.78. The molecule has 0 aromatic rings. The lowest BCUT2D eigenvalue weighted by Crippen LogP contribution is -2.44. The number of amides is 1. The van der Waals surface area contributed by atoms with E-state index in [2.05, 4.69) is 21.3 Å². The molecular formula is C8H18N4O. The van der Waals surface area contributed by atoms with Crippen LogP contribution in [-0.4, -0.2) is 51.7 Å². The molecular weight excluding hydrogens is 168 g/mol. The highest BCUT2D eigenvalue weighted by atomic mass is 16.2. The third-order valence-electron chi connectivity index (χ3n) is 1.87. The van der Waals surface area contributed by atoms with Gasteiger partial charge >= 0.3 is 0 Å². The first kappa shape index (κ1) is 10.4. The van der Waals surface area contributed by atoms with Crippen LogP contribution in [-0.2, 0) is 4.79 Å². The van der Waals surface area contributed by atoms with Gasteiger partial charge in [0.1, 0.15) is 0 Å². The van der Waals surface area contributed by atoms with Gasteiger partial charge in [-0.1, -0.05) is 0 Å². The highest BCUT2D eigenvalue weighted by Crippen LogP contribution is 1.69. The number of piperazine rings is 2. The van der Waals surface area contributed by atoms with Crippen molar-refractivity contribution in [2.45, 2.75) is 0 Å². The number of hydrogen-bond acceptors (Lipinski definition) is 4. The minimum Gasteiger partial charge on any atom is -0.354 e. The van der Waals surface area contributed by atoms with Gasteiger partial charge in [0.15, 0.2) is 0 Å². The molecule has 0 saturated carbocycles. The molecule has 2 aliphatic heterocycles. The molecule has 0 aromatic carbocycles. The molecule has 2 aliphatic rings. The zero-order valence-electron chi connectivity index (χ0n) is 7.86. The van der Waals surface area contributed by atoms with E-state index in [0.717, 1.165) is 39.3 Å². The molecule has 1 amide bonds. The van der Waals surface area contributed by atoms with E-state index in [1.807, 2.05) is 0 Å². The van der Waals surface area contributed by atoms with Crippen molar-refractivity contribution in [2.24, 2.45) is 0 Å². The Bertz CT molecular complexity index is 128.